The van der Waals surface area contributed by atoms with Gasteiger partial charge in [-0.25, -0.2) is 0 Å². The van der Waals surface area contributed by atoms with Gasteiger partial charge in [0.25, 0.3) is 0 Å². The third-order valence-electron chi connectivity index (χ3n) is 4.83. The van der Waals surface area contributed by atoms with E-state index in [1.807, 2.05) is 30.0 Å². The fourth-order valence-corrected chi connectivity index (χ4v) is 4.15. The number of thioether (sulfide) groups is 1. The minimum Gasteiger partial charge on any atom is -0.385 e. The maximum atomic E-state index is 6.16. The first-order chi connectivity index (χ1) is 13.7. The Kier molecular flexibility index (Phi) is 14.4. The lowest BCUT2D eigenvalue weighted by molar-refractivity contribution is 0.00991. The Morgan fingerprint density at radius 1 is 1.34 bits per heavy atom. The molecule has 8 heteroatoms. The maximum absolute atomic E-state index is 6.16. The summed E-state index contributed by atoms with van der Waals surface area (Å²) in [6.45, 7) is 7.21. The molecule has 0 aliphatic carbocycles. The van der Waals surface area contributed by atoms with Crippen LogP contribution in [0.4, 0.5) is 0 Å². The topological polar surface area (TPSA) is 46.1 Å². The predicted molar refractivity (Wildman–Crippen MR) is 136 cm³/mol. The van der Waals surface area contributed by atoms with Crippen LogP contribution in [0.3, 0.4) is 0 Å². The van der Waals surface area contributed by atoms with Crippen molar-refractivity contribution in [1.82, 2.24) is 10.2 Å². The number of methoxy groups -OCH3 is 1. The number of likely N-dealkylation sites (tertiary alicyclic amines) is 1. The van der Waals surface area contributed by atoms with E-state index in [0.717, 1.165) is 69.6 Å². The molecule has 1 saturated heterocycles. The predicted octanol–water partition coefficient (Wildman–Crippen LogP) is 4.85. The van der Waals surface area contributed by atoms with E-state index < -0.39 is 0 Å². The van der Waals surface area contributed by atoms with Crippen LogP contribution in [0.2, 0.25) is 5.02 Å². The average molecular weight is 556 g/mol. The number of hydrogen-bond acceptors (Lipinski definition) is 4. The molecule has 1 atom stereocenters. The summed E-state index contributed by atoms with van der Waals surface area (Å²) < 4.78 is 11.1. The summed E-state index contributed by atoms with van der Waals surface area (Å²) >= 11 is 7.97. The van der Waals surface area contributed by atoms with Crippen molar-refractivity contribution in [2.45, 2.75) is 37.5 Å². The van der Waals surface area contributed by atoms with E-state index in [9.17, 15) is 0 Å². The monoisotopic (exact) mass is 555 g/mol. The summed E-state index contributed by atoms with van der Waals surface area (Å²) in [5.41, 5.74) is 1.22. The lowest BCUT2D eigenvalue weighted by Gasteiger charge is -2.34. The molecule has 1 aromatic carbocycles. The van der Waals surface area contributed by atoms with E-state index in [0.29, 0.717) is 11.4 Å². The first kappa shape index (κ1) is 26.8. The molecule has 0 bridgehead atoms. The molecule has 29 heavy (non-hydrogen) atoms. The second kappa shape index (κ2) is 15.6. The van der Waals surface area contributed by atoms with Crippen molar-refractivity contribution in [1.29, 1.82) is 0 Å². The number of halogens is 2. The Bertz CT molecular complexity index is 601. The molecule has 0 amide bonds. The Morgan fingerprint density at radius 3 is 2.72 bits per heavy atom. The molecule has 166 valence electrons. The fourth-order valence-electron chi connectivity index (χ4n) is 3.31. The number of benzene rings is 1. The highest BCUT2D eigenvalue weighted by Crippen LogP contribution is 2.28. The normalized spacial score (nSPS) is 16.4. The van der Waals surface area contributed by atoms with Gasteiger partial charge in [0.05, 0.1) is 12.6 Å². The molecule has 1 N–H and O–H groups in total. The molecule has 2 rings (SSSR count). The van der Waals surface area contributed by atoms with Crippen LogP contribution in [0.25, 0.3) is 0 Å². The number of ether oxygens (including phenoxy) is 2. The zero-order valence-corrected chi connectivity index (χ0v) is 21.6. The minimum atomic E-state index is 0. The van der Waals surface area contributed by atoms with Crippen LogP contribution in [0, 0.1) is 0 Å². The summed E-state index contributed by atoms with van der Waals surface area (Å²) in [5.74, 6) is 1.00. The van der Waals surface area contributed by atoms with E-state index in [2.05, 4.69) is 29.5 Å². The SMILES string of the molecule is CCNC(=NCC(SC)c1cccc(Cl)c1)N1CCC(OCCCOC)CC1.I. The van der Waals surface area contributed by atoms with Gasteiger partial charge in [0.2, 0.25) is 0 Å². The number of rotatable bonds is 10. The van der Waals surface area contributed by atoms with Gasteiger partial charge in [0.15, 0.2) is 5.96 Å². The molecule has 1 fully saturated rings. The third-order valence-corrected chi connectivity index (χ3v) is 6.06. The van der Waals surface area contributed by atoms with Gasteiger partial charge < -0.3 is 19.7 Å². The van der Waals surface area contributed by atoms with Gasteiger partial charge in [0.1, 0.15) is 0 Å². The van der Waals surface area contributed by atoms with Gasteiger partial charge in [-0.05, 0) is 50.1 Å². The molecule has 1 heterocycles. The molecule has 1 unspecified atom stereocenters. The van der Waals surface area contributed by atoms with Gasteiger partial charge in [-0.1, -0.05) is 23.7 Å². The Hall–Kier alpha value is -0.220. The summed E-state index contributed by atoms with van der Waals surface area (Å²) in [7, 11) is 1.73. The average Bonchev–Trinajstić information content (AvgIpc) is 2.71. The maximum Gasteiger partial charge on any atom is 0.193 e. The van der Waals surface area contributed by atoms with Crippen LogP contribution in [-0.4, -0.2) is 69.7 Å². The summed E-state index contributed by atoms with van der Waals surface area (Å²) in [4.78, 5) is 7.29. The van der Waals surface area contributed by atoms with Crippen LogP contribution in [-0.2, 0) is 9.47 Å². The lowest BCUT2D eigenvalue weighted by Crippen LogP contribution is -2.47. The quantitative estimate of drug-likeness (QED) is 0.194. The largest absolute Gasteiger partial charge is 0.385 e. The number of hydrogen-bond donors (Lipinski definition) is 1. The first-order valence-electron chi connectivity index (χ1n) is 10.1. The van der Waals surface area contributed by atoms with Crippen molar-refractivity contribution >= 4 is 53.3 Å². The Balaban J connectivity index is 0.00000420. The lowest BCUT2D eigenvalue weighted by atomic mass is 10.1. The first-order valence-corrected chi connectivity index (χ1v) is 11.8. The number of nitrogens with zero attached hydrogens (tertiary/aromatic N) is 2. The third kappa shape index (κ3) is 9.63. The standard InChI is InChI=1S/C21H34ClN3O2S.HI/c1-4-23-21(24-16-20(28-3)17-7-5-8-18(22)15-17)25-11-9-19(10-12-25)27-14-6-13-26-2;/h5,7-8,15,19-20H,4,6,9-14,16H2,1-3H3,(H,23,24);1H. The summed E-state index contributed by atoms with van der Waals surface area (Å²) in [5, 5.41) is 4.53. The van der Waals surface area contributed by atoms with Crippen LogP contribution >= 0.6 is 47.3 Å². The number of aliphatic imine (C=N–C) groups is 1. The van der Waals surface area contributed by atoms with Crippen LogP contribution < -0.4 is 5.32 Å². The second-order valence-corrected chi connectivity index (χ2v) is 8.35. The van der Waals surface area contributed by atoms with E-state index >= 15 is 0 Å². The highest BCUT2D eigenvalue weighted by molar-refractivity contribution is 14.0. The molecule has 0 radical (unpaired) electrons. The molecular formula is C21H35ClIN3O2S. The molecule has 1 aromatic rings. The van der Waals surface area contributed by atoms with Gasteiger partial charge in [-0.2, -0.15) is 11.8 Å². The van der Waals surface area contributed by atoms with Gasteiger partial charge in [-0.15, -0.1) is 24.0 Å². The zero-order valence-electron chi connectivity index (χ0n) is 17.7. The number of piperidine rings is 1. The van der Waals surface area contributed by atoms with Crippen molar-refractivity contribution in [3.8, 4) is 0 Å². The van der Waals surface area contributed by atoms with Gasteiger partial charge in [0, 0.05) is 50.2 Å². The van der Waals surface area contributed by atoms with Crippen LogP contribution in [0.1, 0.15) is 37.0 Å². The Morgan fingerprint density at radius 2 is 2.10 bits per heavy atom. The highest BCUT2D eigenvalue weighted by atomic mass is 127. The Labute approximate surface area is 202 Å². The van der Waals surface area contributed by atoms with E-state index in [-0.39, 0.29) is 24.0 Å². The number of guanidine groups is 1. The zero-order chi connectivity index (χ0) is 20.2. The van der Waals surface area contributed by atoms with Crippen molar-refractivity contribution in [2.24, 2.45) is 4.99 Å². The second-order valence-electron chi connectivity index (χ2n) is 6.88. The van der Waals surface area contributed by atoms with Crippen molar-refractivity contribution in [2.75, 3.05) is 52.8 Å². The minimum absolute atomic E-state index is 0. The van der Waals surface area contributed by atoms with Gasteiger partial charge in [-0.3, -0.25) is 4.99 Å². The molecule has 1 aliphatic rings. The smallest absolute Gasteiger partial charge is 0.193 e. The van der Waals surface area contributed by atoms with Crippen LogP contribution in [0.5, 0.6) is 0 Å². The molecule has 1 aliphatic heterocycles. The molecule has 0 aromatic heterocycles. The molecule has 5 nitrogen and oxygen atoms in total. The van der Waals surface area contributed by atoms with Gasteiger partial charge >= 0.3 is 0 Å². The molecular weight excluding hydrogens is 521 g/mol. The van der Waals surface area contributed by atoms with Crippen molar-refractivity contribution in [3.63, 3.8) is 0 Å². The molecule has 0 saturated carbocycles. The fraction of sp³-hybridized carbons (Fsp3) is 0.667. The molecule has 0 spiro atoms. The van der Waals surface area contributed by atoms with Crippen molar-refractivity contribution < 1.29 is 9.47 Å². The number of nitrogens with one attached hydrogen (secondary N) is 1. The van der Waals surface area contributed by atoms with E-state index in [1.54, 1.807) is 7.11 Å². The van der Waals surface area contributed by atoms with E-state index in [1.165, 1.54) is 5.56 Å². The summed E-state index contributed by atoms with van der Waals surface area (Å²) in [6.07, 6.45) is 5.51. The van der Waals surface area contributed by atoms with E-state index in [4.69, 9.17) is 26.1 Å². The highest BCUT2D eigenvalue weighted by Gasteiger charge is 2.22. The summed E-state index contributed by atoms with van der Waals surface area (Å²) in [6, 6.07) is 8.09. The van der Waals surface area contributed by atoms with Crippen LogP contribution in [0.15, 0.2) is 29.3 Å². The van der Waals surface area contributed by atoms with Crippen molar-refractivity contribution in [3.05, 3.63) is 34.9 Å².